The van der Waals surface area contributed by atoms with Gasteiger partial charge in [0.25, 0.3) is 0 Å². The summed E-state index contributed by atoms with van der Waals surface area (Å²) in [5, 5.41) is 8.12. The number of benzene rings is 3. The number of thioether (sulfide) groups is 1. The number of nitrogens with zero attached hydrogens (tertiary/aromatic N) is 1. The number of amides is 2. The van der Waals surface area contributed by atoms with Crippen molar-refractivity contribution < 1.29 is 19.1 Å². The van der Waals surface area contributed by atoms with Crippen LogP contribution in [0, 0.1) is 0 Å². The molecular formula is C27H27N3O4S. The molecule has 35 heavy (non-hydrogen) atoms. The smallest absolute Gasteiger partial charge is 0.243 e. The molecule has 3 aromatic carbocycles. The van der Waals surface area contributed by atoms with Crippen molar-refractivity contribution in [3.63, 3.8) is 0 Å². The number of rotatable bonds is 8. The van der Waals surface area contributed by atoms with E-state index >= 15 is 0 Å². The van der Waals surface area contributed by atoms with Crippen LogP contribution < -0.4 is 20.1 Å². The Morgan fingerprint density at radius 3 is 2.63 bits per heavy atom. The lowest BCUT2D eigenvalue weighted by atomic mass is 10.1. The molecule has 2 heterocycles. The zero-order valence-corrected chi connectivity index (χ0v) is 20.5. The van der Waals surface area contributed by atoms with Gasteiger partial charge in [-0.05, 0) is 48.9 Å². The Morgan fingerprint density at radius 1 is 1.00 bits per heavy atom. The molecular weight excluding hydrogens is 462 g/mol. The molecule has 8 heteroatoms. The topological polar surface area (TPSA) is 81.6 Å². The SMILES string of the molecule is CCn1c2ccccc2c2cc(SCC(NC(C)=O)C(=O)NCc3ccc4c(c3)OCO4)ccc21. The summed E-state index contributed by atoms with van der Waals surface area (Å²) < 4.78 is 13.0. The predicted octanol–water partition coefficient (Wildman–Crippen LogP) is 4.46. The third kappa shape index (κ3) is 4.79. The van der Waals surface area contributed by atoms with Crippen molar-refractivity contribution in [1.29, 1.82) is 0 Å². The molecule has 2 N–H and O–H groups in total. The number of aromatic nitrogens is 1. The van der Waals surface area contributed by atoms with Crippen molar-refractivity contribution in [2.24, 2.45) is 0 Å². The highest BCUT2D eigenvalue weighted by atomic mass is 32.2. The van der Waals surface area contributed by atoms with Gasteiger partial charge in [-0.25, -0.2) is 0 Å². The molecule has 7 nitrogen and oxygen atoms in total. The van der Waals surface area contributed by atoms with E-state index in [4.69, 9.17) is 9.47 Å². The Hall–Kier alpha value is -3.65. The van der Waals surface area contributed by atoms with Crippen molar-refractivity contribution in [3.8, 4) is 11.5 Å². The van der Waals surface area contributed by atoms with Crippen LogP contribution in [0.1, 0.15) is 19.4 Å². The zero-order valence-electron chi connectivity index (χ0n) is 19.7. The zero-order chi connectivity index (χ0) is 24.4. The van der Waals surface area contributed by atoms with Gasteiger partial charge in [0.05, 0.1) is 0 Å². The van der Waals surface area contributed by atoms with Crippen molar-refractivity contribution in [3.05, 3.63) is 66.2 Å². The molecule has 1 unspecified atom stereocenters. The highest BCUT2D eigenvalue weighted by molar-refractivity contribution is 7.99. The molecule has 0 fully saturated rings. The summed E-state index contributed by atoms with van der Waals surface area (Å²) in [6, 6.07) is 19.7. The maximum atomic E-state index is 12.9. The van der Waals surface area contributed by atoms with Crippen molar-refractivity contribution >= 4 is 45.4 Å². The van der Waals surface area contributed by atoms with Gasteiger partial charge in [-0.1, -0.05) is 24.3 Å². The van der Waals surface area contributed by atoms with E-state index in [1.54, 1.807) is 11.8 Å². The number of ether oxygens (including phenoxy) is 2. The fraction of sp³-hybridized carbons (Fsp3) is 0.259. The molecule has 0 bridgehead atoms. The molecule has 1 aromatic heterocycles. The van der Waals surface area contributed by atoms with Crippen LogP contribution in [0.4, 0.5) is 0 Å². The van der Waals surface area contributed by atoms with Crippen LogP contribution in [0.3, 0.4) is 0 Å². The van der Waals surface area contributed by atoms with Crippen molar-refractivity contribution in [2.75, 3.05) is 12.5 Å². The number of para-hydroxylation sites is 1. The van der Waals surface area contributed by atoms with Crippen LogP contribution in [-0.2, 0) is 22.7 Å². The van der Waals surface area contributed by atoms with E-state index in [9.17, 15) is 9.59 Å². The molecule has 1 atom stereocenters. The predicted molar refractivity (Wildman–Crippen MR) is 138 cm³/mol. The summed E-state index contributed by atoms with van der Waals surface area (Å²) in [7, 11) is 0. The van der Waals surface area contributed by atoms with E-state index in [-0.39, 0.29) is 18.6 Å². The summed E-state index contributed by atoms with van der Waals surface area (Å²) in [4.78, 5) is 25.8. The largest absolute Gasteiger partial charge is 0.454 e. The molecule has 0 aliphatic carbocycles. The van der Waals surface area contributed by atoms with Crippen LogP contribution >= 0.6 is 11.8 Å². The lowest BCUT2D eigenvalue weighted by Crippen LogP contribution is -2.47. The molecule has 1 aliphatic rings. The number of carbonyl (C=O) groups excluding carboxylic acids is 2. The fourth-order valence-corrected chi connectivity index (χ4v) is 5.39. The second kappa shape index (κ2) is 9.92. The van der Waals surface area contributed by atoms with Crippen LogP contribution in [-0.4, -0.2) is 35.0 Å². The van der Waals surface area contributed by atoms with E-state index < -0.39 is 6.04 Å². The number of hydrogen-bond donors (Lipinski definition) is 2. The van der Waals surface area contributed by atoms with Gasteiger partial charge in [0.2, 0.25) is 18.6 Å². The van der Waals surface area contributed by atoms with Crippen molar-refractivity contribution in [2.45, 2.75) is 37.9 Å². The molecule has 4 aromatic rings. The Labute approximate surface area is 207 Å². The molecule has 180 valence electrons. The van der Waals surface area contributed by atoms with E-state index in [1.807, 2.05) is 18.2 Å². The fourth-order valence-electron chi connectivity index (χ4n) is 4.43. The molecule has 0 saturated carbocycles. The standard InChI is InChI=1S/C27H27N3O4S/c1-3-30-23-7-5-4-6-20(23)21-13-19(9-10-24(21)30)35-15-22(29-17(2)31)27(32)28-14-18-8-11-25-26(12-18)34-16-33-25/h4-13,22H,3,14-16H2,1-2H3,(H,28,32)(H,29,31). The Bertz CT molecular complexity index is 1410. The molecule has 0 saturated heterocycles. The normalized spacial score (nSPS) is 13.2. The summed E-state index contributed by atoms with van der Waals surface area (Å²) >= 11 is 1.56. The van der Waals surface area contributed by atoms with Gasteiger partial charge in [-0.15, -0.1) is 11.8 Å². The average molecular weight is 490 g/mol. The molecule has 5 rings (SSSR count). The summed E-state index contributed by atoms with van der Waals surface area (Å²) in [5.41, 5.74) is 3.30. The van der Waals surface area contributed by atoms with Crippen molar-refractivity contribution in [1.82, 2.24) is 15.2 Å². The van der Waals surface area contributed by atoms with E-state index in [1.165, 1.54) is 28.7 Å². The van der Waals surface area contributed by atoms with Crippen LogP contribution in [0.2, 0.25) is 0 Å². The quantitative estimate of drug-likeness (QED) is 0.357. The minimum Gasteiger partial charge on any atom is -0.454 e. The van der Waals surface area contributed by atoms with Gasteiger partial charge in [0.1, 0.15) is 6.04 Å². The molecule has 0 spiro atoms. The summed E-state index contributed by atoms with van der Waals surface area (Å²) in [6.45, 7) is 5.00. The Kier molecular flexibility index (Phi) is 6.55. The first-order valence-electron chi connectivity index (χ1n) is 11.6. The number of carbonyl (C=O) groups is 2. The average Bonchev–Trinajstić information content (AvgIpc) is 3.46. The molecule has 1 aliphatic heterocycles. The number of aryl methyl sites for hydroxylation is 1. The Balaban J connectivity index is 1.29. The lowest BCUT2D eigenvalue weighted by molar-refractivity contribution is -0.127. The summed E-state index contributed by atoms with van der Waals surface area (Å²) in [5.74, 6) is 1.33. The van der Waals surface area contributed by atoms with E-state index in [0.717, 1.165) is 17.0 Å². The second-order valence-corrected chi connectivity index (χ2v) is 9.50. The minimum absolute atomic E-state index is 0.206. The van der Waals surface area contributed by atoms with Gasteiger partial charge in [-0.2, -0.15) is 0 Å². The molecule has 0 radical (unpaired) electrons. The van der Waals surface area contributed by atoms with Gasteiger partial charge < -0.3 is 24.7 Å². The third-order valence-electron chi connectivity index (χ3n) is 6.07. The highest BCUT2D eigenvalue weighted by Crippen LogP contribution is 2.33. The number of nitrogens with one attached hydrogen (secondary N) is 2. The first kappa shape index (κ1) is 23.1. The maximum Gasteiger partial charge on any atom is 0.243 e. The minimum atomic E-state index is -0.654. The second-order valence-electron chi connectivity index (χ2n) is 8.41. The first-order chi connectivity index (χ1) is 17.0. The summed E-state index contributed by atoms with van der Waals surface area (Å²) in [6.07, 6.45) is 0. The molecule has 2 amide bonds. The van der Waals surface area contributed by atoms with Crippen LogP contribution in [0.25, 0.3) is 21.8 Å². The first-order valence-corrected chi connectivity index (χ1v) is 12.6. The van der Waals surface area contributed by atoms with Gasteiger partial charge in [0, 0.05) is 52.5 Å². The van der Waals surface area contributed by atoms with Gasteiger partial charge in [0.15, 0.2) is 11.5 Å². The van der Waals surface area contributed by atoms with Gasteiger partial charge >= 0.3 is 0 Å². The number of fused-ring (bicyclic) bond motifs is 4. The van der Waals surface area contributed by atoms with E-state index in [0.29, 0.717) is 23.8 Å². The van der Waals surface area contributed by atoms with Crippen LogP contribution in [0.15, 0.2) is 65.6 Å². The lowest BCUT2D eigenvalue weighted by Gasteiger charge is -2.17. The highest BCUT2D eigenvalue weighted by Gasteiger charge is 2.21. The maximum absolute atomic E-state index is 12.9. The van der Waals surface area contributed by atoms with E-state index in [2.05, 4.69) is 64.6 Å². The number of hydrogen-bond acceptors (Lipinski definition) is 5. The monoisotopic (exact) mass is 489 g/mol. The van der Waals surface area contributed by atoms with Crippen LogP contribution in [0.5, 0.6) is 11.5 Å². The third-order valence-corrected chi connectivity index (χ3v) is 7.16. The Morgan fingerprint density at radius 2 is 1.80 bits per heavy atom. The van der Waals surface area contributed by atoms with Gasteiger partial charge in [-0.3, -0.25) is 9.59 Å².